The first-order chi connectivity index (χ1) is 13.1. The molecule has 0 aliphatic carbocycles. The van der Waals surface area contributed by atoms with Crippen LogP contribution < -0.4 is 5.56 Å². The molecule has 2 aromatic heterocycles. The largest absolute Gasteiger partial charge is 0.368 e. The van der Waals surface area contributed by atoms with Crippen molar-refractivity contribution in [2.24, 2.45) is 0 Å². The molecule has 138 valence electrons. The molecule has 0 saturated carbocycles. The fourth-order valence-corrected chi connectivity index (χ4v) is 3.34. The second-order valence-electron chi connectivity index (χ2n) is 6.56. The van der Waals surface area contributed by atoms with E-state index in [9.17, 15) is 9.59 Å². The van der Waals surface area contributed by atoms with E-state index in [-0.39, 0.29) is 17.6 Å². The average molecular weight is 364 g/mol. The third-order valence-electron chi connectivity index (χ3n) is 4.84. The highest BCUT2D eigenvalue weighted by atomic mass is 16.5. The Labute approximate surface area is 156 Å². The summed E-state index contributed by atoms with van der Waals surface area (Å²) < 4.78 is 7.03. The van der Waals surface area contributed by atoms with Crippen LogP contribution in [-0.2, 0) is 9.53 Å². The fourth-order valence-electron chi connectivity index (χ4n) is 3.34. The monoisotopic (exact) mass is 364 g/mol. The van der Waals surface area contributed by atoms with Crippen LogP contribution in [0, 0.1) is 0 Å². The lowest BCUT2D eigenvalue weighted by molar-refractivity contribution is -0.142. The smallest absolute Gasteiger partial charge is 0.275 e. The molecule has 0 bridgehead atoms. The number of nitrogens with zero attached hydrogens (tertiary/aromatic N) is 4. The van der Waals surface area contributed by atoms with Gasteiger partial charge in [0.05, 0.1) is 30.4 Å². The summed E-state index contributed by atoms with van der Waals surface area (Å²) in [6, 6.07) is 12.2. The van der Waals surface area contributed by atoms with Gasteiger partial charge in [-0.3, -0.25) is 14.6 Å². The van der Waals surface area contributed by atoms with Crippen LogP contribution in [0.5, 0.6) is 0 Å². The van der Waals surface area contributed by atoms with E-state index in [0.717, 1.165) is 11.1 Å². The predicted molar refractivity (Wildman–Crippen MR) is 100 cm³/mol. The third-order valence-corrected chi connectivity index (χ3v) is 4.84. The molecule has 7 heteroatoms. The number of fused-ring (bicyclic) bond motifs is 1. The number of hydrogen-bond donors (Lipinski definition) is 0. The molecule has 3 heterocycles. The van der Waals surface area contributed by atoms with Crippen molar-refractivity contribution in [2.75, 3.05) is 19.7 Å². The van der Waals surface area contributed by atoms with Crippen molar-refractivity contribution >= 4 is 16.7 Å². The van der Waals surface area contributed by atoms with Crippen LogP contribution in [0.25, 0.3) is 10.8 Å². The zero-order valence-corrected chi connectivity index (χ0v) is 15.0. The van der Waals surface area contributed by atoms with Crippen molar-refractivity contribution in [3.8, 4) is 0 Å². The number of hydrogen-bond acceptors (Lipinski definition) is 5. The van der Waals surface area contributed by atoms with Crippen molar-refractivity contribution in [1.29, 1.82) is 0 Å². The van der Waals surface area contributed by atoms with E-state index in [1.54, 1.807) is 36.4 Å². The minimum Gasteiger partial charge on any atom is -0.368 e. The summed E-state index contributed by atoms with van der Waals surface area (Å²) in [7, 11) is 0. The minimum atomic E-state index is -0.690. The quantitative estimate of drug-likeness (QED) is 0.710. The van der Waals surface area contributed by atoms with Gasteiger partial charge in [-0.1, -0.05) is 24.3 Å². The average Bonchev–Trinajstić information content (AvgIpc) is 2.74. The second-order valence-corrected chi connectivity index (χ2v) is 6.56. The number of amides is 1. The number of carbonyl (C=O) groups is 1. The molecule has 1 fully saturated rings. The number of ether oxygens (including phenoxy) is 1. The molecule has 2 unspecified atom stereocenters. The number of rotatable bonds is 3. The van der Waals surface area contributed by atoms with Crippen molar-refractivity contribution < 1.29 is 9.53 Å². The summed E-state index contributed by atoms with van der Waals surface area (Å²) in [6.45, 7) is 3.02. The normalized spacial score (nSPS) is 18.4. The number of carbonyl (C=O) groups excluding carboxylic acids is 1. The van der Waals surface area contributed by atoms with Crippen LogP contribution in [0.4, 0.5) is 0 Å². The van der Waals surface area contributed by atoms with E-state index in [1.807, 2.05) is 30.3 Å². The Morgan fingerprint density at radius 1 is 1.22 bits per heavy atom. The van der Waals surface area contributed by atoms with E-state index in [4.69, 9.17) is 4.74 Å². The Hall–Kier alpha value is -3.06. The van der Waals surface area contributed by atoms with Gasteiger partial charge < -0.3 is 9.64 Å². The maximum absolute atomic E-state index is 13.0. The van der Waals surface area contributed by atoms with Crippen LogP contribution in [0.2, 0.25) is 0 Å². The Kier molecular flexibility index (Phi) is 4.68. The lowest BCUT2D eigenvalue weighted by Crippen LogP contribution is -2.46. The fraction of sp³-hybridized carbons (Fsp3) is 0.300. The number of benzene rings is 1. The van der Waals surface area contributed by atoms with Gasteiger partial charge in [0.1, 0.15) is 12.1 Å². The molecule has 1 aromatic carbocycles. The molecule has 1 amide bonds. The number of pyridine rings is 1. The summed E-state index contributed by atoms with van der Waals surface area (Å²) in [5.41, 5.74) is 0.534. The van der Waals surface area contributed by atoms with Gasteiger partial charge in [-0.05, 0) is 25.1 Å². The van der Waals surface area contributed by atoms with Crippen LogP contribution in [0.1, 0.15) is 24.8 Å². The Balaban J connectivity index is 1.57. The Morgan fingerprint density at radius 3 is 2.85 bits per heavy atom. The zero-order valence-electron chi connectivity index (χ0n) is 15.0. The van der Waals surface area contributed by atoms with E-state index >= 15 is 0 Å². The summed E-state index contributed by atoms with van der Waals surface area (Å²) in [6.07, 6.45) is 3.06. The van der Waals surface area contributed by atoms with Crippen molar-refractivity contribution in [3.63, 3.8) is 0 Å². The number of morpholine rings is 1. The molecule has 0 spiro atoms. The summed E-state index contributed by atoms with van der Waals surface area (Å²) in [4.78, 5) is 31.8. The van der Waals surface area contributed by atoms with Gasteiger partial charge >= 0.3 is 0 Å². The maximum Gasteiger partial charge on any atom is 0.275 e. The lowest BCUT2D eigenvalue weighted by atomic mass is 10.1. The standard InChI is InChI=1S/C20H20N4O3/c1-14(24-20(26)16-7-3-2-6-15(16)12-22-24)19(25)23-10-11-27-18(13-23)17-8-4-5-9-21-17/h2-9,12,14,18H,10-11,13H2,1H3. The topological polar surface area (TPSA) is 77.3 Å². The zero-order chi connectivity index (χ0) is 18.8. The van der Waals surface area contributed by atoms with Gasteiger partial charge in [-0.2, -0.15) is 5.10 Å². The van der Waals surface area contributed by atoms with Gasteiger partial charge in [0.15, 0.2) is 0 Å². The predicted octanol–water partition coefficient (Wildman–Crippen LogP) is 1.95. The van der Waals surface area contributed by atoms with E-state index < -0.39 is 6.04 Å². The lowest BCUT2D eigenvalue weighted by Gasteiger charge is -2.34. The molecule has 1 aliphatic rings. The summed E-state index contributed by atoms with van der Waals surface area (Å²) in [5.74, 6) is -0.149. The van der Waals surface area contributed by atoms with Crippen molar-refractivity contribution in [2.45, 2.75) is 19.1 Å². The molecule has 4 rings (SSSR count). The van der Waals surface area contributed by atoms with E-state index in [1.165, 1.54) is 4.68 Å². The molecule has 2 atom stereocenters. The maximum atomic E-state index is 13.0. The molecule has 0 N–H and O–H groups in total. The molecule has 7 nitrogen and oxygen atoms in total. The van der Waals surface area contributed by atoms with Crippen LogP contribution >= 0.6 is 0 Å². The Bertz CT molecular complexity index is 1020. The van der Waals surface area contributed by atoms with Crippen LogP contribution in [0.15, 0.2) is 59.7 Å². The first kappa shape index (κ1) is 17.4. The van der Waals surface area contributed by atoms with Crippen LogP contribution in [0.3, 0.4) is 0 Å². The highest BCUT2D eigenvalue weighted by Gasteiger charge is 2.30. The highest BCUT2D eigenvalue weighted by molar-refractivity contribution is 5.82. The molecular formula is C20H20N4O3. The highest BCUT2D eigenvalue weighted by Crippen LogP contribution is 2.22. The van der Waals surface area contributed by atoms with Gasteiger partial charge in [0.2, 0.25) is 5.91 Å². The molecule has 0 radical (unpaired) electrons. The first-order valence-corrected chi connectivity index (χ1v) is 8.93. The van der Waals surface area contributed by atoms with Gasteiger partial charge in [-0.15, -0.1) is 0 Å². The SMILES string of the molecule is CC(C(=O)N1CCOC(c2ccccn2)C1)n1ncc2ccccc2c1=O. The summed E-state index contributed by atoms with van der Waals surface area (Å²) in [5, 5.41) is 5.53. The van der Waals surface area contributed by atoms with E-state index in [2.05, 4.69) is 10.1 Å². The van der Waals surface area contributed by atoms with Gasteiger partial charge in [-0.25, -0.2) is 4.68 Å². The molecule has 3 aromatic rings. The molecule has 27 heavy (non-hydrogen) atoms. The first-order valence-electron chi connectivity index (χ1n) is 8.93. The van der Waals surface area contributed by atoms with Crippen molar-refractivity contribution in [3.05, 3.63) is 70.9 Å². The molecule has 1 aliphatic heterocycles. The summed E-state index contributed by atoms with van der Waals surface area (Å²) >= 11 is 0. The Morgan fingerprint density at radius 2 is 2.04 bits per heavy atom. The van der Waals surface area contributed by atoms with Crippen LogP contribution in [-0.4, -0.2) is 45.3 Å². The third kappa shape index (κ3) is 3.33. The minimum absolute atomic E-state index is 0.149. The number of aromatic nitrogens is 3. The molecular weight excluding hydrogens is 344 g/mol. The van der Waals surface area contributed by atoms with E-state index in [0.29, 0.717) is 25.1 Å². The molecule has 1 saturated heterocycles. The van der Waals surface area contributed by atoms with Gasteiger partial charge in [0, 0.05) is 18.1 Å². The van der Waals surface area contributed by atoms with Crippen molar-refractivity contribution in [1.82, 2.24) is 19.7 Å². The van der Waals surface area contributed by atoms with Gasteiger partial charge in [0.25, 0.3) is 5.56 Å². The second kappa shape index (κ2) is 7.28.